The van der Waals surface area contributed by atoms with Crippen molar-refractivity contribution >= 4 is 17.6 Å². The number of carbonyl (C=O) groups excluding carboxylic acids is 2. The number of carbonyl (C=O) groups is 2. The summed E-state index contributed by atoms with van der Waals surface area (Å²) in [5, 5.41) is 11.1. The van der Waals surface area contributed by atoms with Gasteiger partial charge in [0.2, 0.25) is 11.5 Å². The SMILES string of the molecule is Nc1nonc1C(=O)NCCNC(=O)c1ccccc1C(F)(F)F. The number of nitrogens with zero attached hydrogens (tertiary/aromatic N) is 2. The molecule has 0 saturated carbocycles. The Balaban J connectivity index is 1.89. The van der Waals surface area contributed by atoms with Crippen molar-refractivity contribution in [2.24, 2.45) is 0 Å². The Bertz CT molecular complexity index is 744. The van der Waals surface area contributed by atoms with E-state index < -0.39 is 29.1 Å². The molecule has 11 heteroatoms. The number of benzene rings is 1. The lowest BCUT2D eigenvalue weighted by molar-refractivity contribution is -0.137. The van der Waals surface area contributed by atoms with Gasteiger partial charge in [0, 0.05) is 13.1 Å². The van der Waals surface area contributed by atoms with Crippen molar-refractivity contribution in [2.45, 2.75) is 6.18 Å². The average Bonchev–Trinajstić information content (AvgIpc) is 2.96. The summed E-state index contributed by atoms with van der Waals surface area (Å²) < 4.78 is 42.7. The zero-order valence-corrected chi connectivity index (χ0v) is 12.1. The van der Waals surface area contributed by atoms with Crippen molar-refractivity contribution in [1.82, 2.24) is 20.9 Å². The first kappa shape index (κ1) is 17.2. The van der Waals surface area contributed by atoms with Crippen molar-refractivity contribution in [2.75, 3.05) is 18.8 Å². The number of nitrogens with one attached hydrogen (secondary N) is 2. The van der Waals surface area contributed by atoms with Crippen LogP contribution < -0.4 is 16.4 Å². The van der Waals surface area contributed by atoms with Gasteiger partial charge in [0.1, 0.15) is 0 Å². The number of hydrogen-bond acceptors (Lipinski definition) is 6. The zero-order chi connectivity index (χ0) is 17.7. The molecule has 0 bridgehead atoms. The van der Waals surface area contributed by atoms with E-state index in [4.69, 9.17) is 5.73 Å². The Kier molecular flexibility index (Phi) is 5.02. The molecule has 2 aromatic rings. The van der Waals surface area contributed by atoms with Gasteiger partial charge in [-0.1, -0.05) is 12.1 Å². The second kappa shape index (κ2) is 6.98. The summed E-state index contributed by atoms with van der Waals surface area (Å²) in [5.41, 5.74) is 3.57. The molecular weight excluding hydrogens is 331 g/mol. The Morgan fingerprint density at radius 3 is 2.29 bits per heavy atom. The number of aromatic nitrogens is 2. The van der Waals surface area contributed by atoms with Gasteiger partial charge in [-0.15, -0.1) is 0 Å². The summed E-state index contributed by atoms with van der Waals surface area (Å²) in [6.45, 7) is -0.146. The quantitative estimate of drug-likeness (QED) is 0.691. The van der Waals surface area contributed by atoms with Crippen LogP contribution in [0.4, 0.5) is 19.0 Å². The van der Waals surface area contributed by atoms with E-state index in [2.05, 4.69) is 25.6 Å². The fraction of sp³-hybridized carbons (Fsp3) is 0.231. The van der Waals surface area contributed by atoms with Gasteiger partial charge in [-0.2, -0.15) is 13.2 Å². The van der Waals surface area contributed by atoms with Gasteiger partial charge in [-0.05, 0) is 22.4 Å². The van der Waals surface area contributed by atoms with Crippen LogP contribution in [0.25, 0.3) is 0 Å². The third kappa shape index (κ3) is 4.00. The van der Waals surface area contributed by atoms with Crippen LogP contribution in [-0.2, 0) is 6.18 Å². The van der Waals surface area contributed by atoms with Gasteiger partial charge in [0.15, 0.2) is 0 Å². The molecule has 0 aliphatic rings. The minimum Gasteiger partial charge on any atom is -0.379 e. The van der Waals surface area contributed by atoms with E-state index in [-0.39, 0.29) is 24.6 Å². The monoisotopic (exact) mass is 343 g/mol. The number of hydrogen-bond donors (Lipinski definition) is 3. The molecule has 1 aromatic heterocycles. The van der Waals surface area contributed by atoms with Crippen LogP contribution in [0.2, 0.25) is 0 Å². The molecule has 2 amide bonds. The number of amides is 2. The molecule has 2 rings (SSSR count). The maximum Gasteiger partial charge on any atom is 0.417 e. The van der Waals surface area contributed by atoms with E-state index in [0.29, 0.717) is 0 Å². The molecule has 0 aliphatic heterocycles. The standard InChI is InChI=1S/C13H12F3N5O3/c14-13(15,16)8-4-2-1-3-7(8)11(22)18-5-6-19-12(23)9-10(17)21-24-20-9/h1-4H,5-6H2,(H2,17,21)(H,18,22)(H,19,23). The fourth-order valence-corrected chi connectivity index (χ4v) is 1.81. The highest BCUT2D eigenvalue weighted by atomic mass is 19.4. The molecule has 8 nitrogen and oxygen atoms in total. The molecule has 1 aromatic carbocycles. The molecule has 0 fully saturated rings. The fourth-order valence-electron chi connectivity index (χ4n) is 1.81. The van der Waals surface area contributed by atoms with E-state index >= 15 is 0 Å². The Morgan fingerprint density at radius 1 is 1.08 bits per heavy atom. The minimum atomic E-state index is -4.64. The first-order valence-electron chi connectivity index (χ1n) is 6.61. The normalized spacial score (nSPS) is 11.1. The van der Waals surface area contributed by atoms with E-state index in [0.717, 1.165) is 12.1 Å². The molecule has 0 atom stereocenters. The van der Waals surface area contributed by atoms with Crippen LogP contribution in [0.15, 0.2) is 28.9 Å². The predicted molar refractivity (Wildman–Crippen MR) is 74.8 cm³/mol. The number of nitrogens with two attached hydrogens (primary N) is 1. The van der Waals surface area contributed by atoms with E-state index in [1.54, 1.807) is 0 Å². The van der Waals surface area contributed by atoms with Gasteiger partial charge in [0.25, 0.3) is 11.8 Å². The summed E-state index contributed by atoms with van der Waals surface area (Å²) in [6.07, 6.45) is -4.64. The molecule has 0 radical (unpaired) electrons. The summed E-state index contributed by atoms with van der Waals surface area (Å²) in [6, 6.07) is 4.40. The van der Waals surface area contributed by atoms with Gasteiger partial charge in [0.05, 0.1) is 11.1 Å². The number of halogens is 3. The van der Waals surface area contributed by atoms with Gasteiger partial charge in [-0.25, -0.2) is 4.63 Å². The van der Waals surface area contributed by atoms with Crippen LogP contribution in [0.3, 0.4) is 0 Å². The molecule has 24 heavy (non-hydrogen) atoms. The molecule has 128 valence electrons. The largest absolute Gasteiger partial charge is 0.417 e. The molecule has 1 heterocycles. The summed E-state index contributed by atoms with van der Waals surface area (Å²) in [4.78, 5) is 23.5. The maximum absolute atomic E-state index is 12.8. The van der Waals surface area contributed by atoms with Crippen molar-refractivity contribution in [3.63, 3.8) is 0 Å². The second-order valence-corrected chi connectivity index (χ2v) is 4.55. The number of anilines is 1. The molecule has 0 spiro atoms. The highest BCUT2D eigenvalue weighted by Crippen LogP contribution is 2.31. The van der Waals surface area contributed by atoms with E-state index in [9.17, 15) is 22.8 Å². The lowest BCUT2D eigenvalue weighted by Gasteiger charge is -2.12. The van der Waals surface area contributed by atoms with Crippen LogP contribution in [0, 0.1) is 0 Å². The third-order valence-electron chi connectivity index (χ3n) is 2.90. The van der Waals surface area contributed by atoms with Gasteiger partial charge < -0.3 is 16.4 Å². The minimum absolute atomic E-state index is 0.0505. The Morgan fingerprint density at radius 2 is 1.71 bits per heavy atom. The topological polar surface area (TPSA) is 123 Å². The Hall–Kier alpha value is -3.11. The zero-order valence-electron chi connectivity index (χ0n) is 12.1. The third-order valence-corrected chi connectivity index (χ3v) is 2.90. The van der Waals surface area contributed by atoms with E-state index in [1.807, 2.05) is 0 Å². The summed E-state index contributed by atoms with van der Waals surface area (Å²) >= 11 is 0. The number of rotatable bonds is 5. The molecule has 0 unspecified atom stereocenters. The number of alkyl halides is 3. The first-order chi connectivity index (χ1) is 11.3. The van der Waals surface area contributed by atoms with Crippen LogP contribution in [0.1, 0.15) is 26.4 Å². The molecule has 0 saturated heterocycles. The van der Waals surface area contributed by atoms with Crippen molar-refractivity contribution in [3.05, 3.63) is 41.1 Å². The van der Waals surface area contributed by atoms with Gasteiger partial charge >= 0.3 is 6.18 Å². The molecular formula is C13H12F3N5O3. The maximum atomic E-state index is 12.8. The molecule has 4 N–H and O–H groups in total. The number of nitrogen functional groups attached to an aromatic ring is 1. The summed E-state index contributed by atoms with van der Waals surface area (Å²) in [5.74, 6) is -1.78. The van der Waals surface area contributed by atoms with Crippen molar-refractivity contribution < 1.29 is 27.4 Å². The van der Waals surface area contributed by atoms with Crippen molar-refractivity contribution in [1.29, 1.82) is 0 Å². The summed E-state index contributed by atoms with van der Waals surface area (Å²) in [7, 11) is 0. The van der Waals surface area contributed by atoms with Crippen LogP contribution >= 0.6 is 0 Å². The van der Waals surface area contributed by atoms with Gasteiger partial charge in [-0.3, -0.25) is 9.59 Å². The van der Waals surface area contributed by atoms with Crippen LogP contribution in [0.5, 0.6) is 0 Å². The van der Waals surface area contributed by atoms with Crippen LogP contribution in [-0.4, -0.2) is 35.2 Å². The predicted octanol–water partition coefficient (Wildman–Crippen LogP) is 0.830. The van der Waals surface area contributed by atoms with Crippen molar-refractivity contribution in [3.8, 4) is 0 Å². The Labute approximate surface area is 133 Å². The smallest absolute Gasteiger partial charge is 0.379 e. The average molecular weight is 343 g/mol. The second-order valence-electron chi connectivity index (χ2n) is 4.55. The highest BCUT2D eigenvalue weighted by molar-refractivity contribution is 5.96. The lowest BCUT2D eigenvalue weighted by Crippen LogP contribution is -2.35. The lowest BCUT2D eigenvalue weighted by atomic mass is 10.1. The first-order valence-corrected chi connectivity index (χ1v) is 6.61. The highest BCUT2D eigenvalue weighted by Gasteiger charge is 2.34. The molecule has 0 aliphatic carbocycles. The van der Waals surface area contributed by atoms with E-state index in [1.165, 1.54) is 12.1 Å².